The topological polar surface area (TPSA) is 83.5 Å². The molecule has 6 heteroatoms. The van der Waals surface area contributed by atoms with Crippen LogP contribution in [0.4, 0.5) is 0 Å². The molecule has 0 aliphatic heterocycles. The van der Waals surface area contributed by atoms with Gasteiger partial charge >= 0.3 is 0 Å². The number of nitrogens with one attached hydrogen (secondary N) is 1. The van der Waals surface area contributed by atoms with Crippen molar-refractivity contribution in [2.75, 3.05) is 5.75 Å². The van der Waals surface area contributed by atoms with Crippen molar-refractivity contribution >= 4 is 23.3 Å². The van der Waals surface area contributed by atoms with Crippen LogP contribution in [0.5, 0.6) is 0 Å². The molecule has 0 bridgehead atoms. The lowest BCUT2D eigenvalue weighted by atomic mass is 9.72. The third kappa shape index (κ3) is 9.33. The highest BCUT2D eigenvalue weighted by atomic mass is 32.2. The maximum absolute atomic E-state index is 11.9. The first kappa shape index (κ1) is 25.0. The number of amides is 1. The third-order valence-corrected chi connectivity index (χ3v) is 5.59. The molecular formula is C23H33NO4S. The Balaban J connectivity index is 2.71. The van der Waals surface area contributed by atoms with Crippen molar-refractivity contribution in [2.45, 2.75) is 59.9 Å². The molecule has 29 heavy (non-hydrogen) atoms. The highest BCUT2D eigenvalue weighted by Gasteiger charge is 2.26. The van der Waals surface area contributed by atoms with Crippen LogP contribution in [0, 0.1) is 5.41 Å². The second-order valence-corrected chi connectivity index (χ2v) is 9.14. The molecule has 0 saturated heterocycles. The van der Waals surface area contributed by atoms with Crippen LogP contribution in [-0.2, 0) is 20.7 Å². The molecule has 2 unspecified atom stereocenters. The summed E-state index contributed by atoms with van der Waals surface area (Å²) in [5, 5.41) is 2.39. The molecule has 0 aromatic heterocycles. The molecule has 0 radical (unpaired) electrons. The fourth-order valence-electron chi connectivity index (χ4n) is 3.38. The van der Waals surface area contributed by atoms with Crippen LogP contribution in [0.15, 0.2) is 58.7 Å². The molecular weight excluding hydrogens is 386 g/mol. The van der Waals surface area contributed by atoms with Crippen LogP contribution in [0.2, 0.25) is 0 Å². The van der Waals surface area contributed by atoms with E-state index < -0.39 is 23.0 Å². The minimum absolute atomic E-state index is 0.212. The summed E-state index contributed by atoms with van der Waals surface area (Å²) in [6.45, 7) is 10.6. The summed E-state index contributed by atoms with van der Waals surface area (Å²) in [6.07, 6.45) is 15.4. The zero-order chi connectivity index (χ0) is 22.0. The van der Waals surface area contributed by atoms with Gasteiger partial charge in [-0.05, 0) is 56.6 Å². The second kappa shape index (κ2) is 11.8. The Morgan fingerprint density at radius 1 is 1.28 bits per heavy atom. The lowest BCUT2D eigenvalue weighted by molar-refractivity contribution is -0.119. The number of allylic oxidation sites excluding steroid dienone is 9. The Hall–Kier alpha value is -2.05. The van der Waals surface area contributed by atoms with Crippen LogP contribution in [0.1, 0.15) is 53.9 Å². The SMILES string of the molecule is CC1=C(/C=C/C(C)=C/C=C/C(C)=C/C(=O)NC(C=O)CS(=O)O)C(C)(C)CCC1. The van der Waals surface area contributed by atoms with Crippen molar-refractivity contribution in [3.05, 3.63) is 58.7 Å². The second-order valence-electron chi connectivity index (χ2n) is 8.16. The first-order chi connectivity index (χ1) is 13.5. The molecule has 1 aliphatic carbocycles. The molecule has 1 rings (SSSR count). The summed E-state index contributed by atoms with van der Waals surface area (Å²) in [4.78, 5) is 22.7. The number of carbonyl (C=O) groups is 2. The van der Waals surface area contributed by atoms with Gasteiger partial charge in [-0.2, -0.15) is 0 Å². The molecule has 2 N–H and O–H groups in total. The van der Waals surface area contributed by atoms with Gasteiger partial charge in [-0.1, -0.05) is 55.4 Å². The van der Waals surface area contributed by atoms with E-state index in [-0.39, 0.29) is 11.2 Å². The maximum atomic E-state index is 11.9. The number of hydrogen-bond acceptors (Lipinski definition) is 3. The summed E-state index contributed by atoms with van der Waals surface area (Å²) < 4.78 is 19.6. The molecule has 1 amide bonds. The van der Waals surface area contributed by atoms with Gasteiger partial charge in [-0.25, -0.2) is 4.21 Å². The fraction of sp³-hybridized carbons (Fsp3) is 0.478. The molecule has 5 nitrogen and oxygen atoms in total. The lowest BCUT2D eigenvalue weighted by Crippen LogP contribution is -2.39. The average molecular weight is 420 g/mol. The van der Waals surface area contributed by atoms with Gasteiger partial charge in [0.15, 0.2) is 11.1 Å². The van der Waals surface area contributed by atoms with Crippen LogP contribution in [0.3, 0.4) is 0 Å². The Morgan fingerprint density at radius 3 is 2.55 bits per heavy atom. The largest absolute Gasteiger partial charge is 0.342 e. The van der Waals surface area contributed by atoms with E-state index >= 15 is 0 Å². The van der Waals surface area contributed by atoms with Crippen LogP contribution >= 0.6 is 0 Å². The van der Waals surface area contributed by atoms with E-state index in [1.807, 2.05) is 19.1 Å². The van der Waals surface area contributed by atoms with Gasteiger partial charge in [0.25, 0.3) is 0 Å². The first-order valence-corrected chi connectivity index (χ1v) is 11.1. The quantitative estimate of drug-likeness (QED) is 0.251. The molecule has 0 fully saturated rings. The van der Waals surface area contributed by atoms with Crippen molar-refractivity contribution in [2.24, 2.45) is 5.41 Å². The van der Waals surface area contributed by atoms with E-state index in [1.165, 1.54) is 30.1 Å². The van der Waals surface area contributed by atoms with E-state index in [0.717, 1.165) is 12.0 Å². The molecule has 0 heterocycles. The molecule has 0 aromatic rings. The van der Waals surface area contributed by atoms with Gasteiger partial charge in [-0.3, -0.25) is 4.79 Å². The van der Waals surface area contributed by atoms with Crippen molar-refractivity contribution in [3.63, 3.8) is 0 Å². The first-order valence-electron chi connectivity index (χ1n) is 9.80. The molecule has 1 aliphatic rings. The Labute approximate surface area is 177 Å². The number of aldehydes is 1. The molecule has 160 valence electrons. The van der Waals surface area contributed by atoms with E-state index in [0.29, 0.717) is 11.9 Å². The molecule has 0 saturated carbocycles. The van der Waals surface area contributed by atoms with Crippen molar-refractivity contribution in [3.8, 4) is 0 Å². The normalized spacial score (nSPS) is 20.2. The standard InChI is InChI=1S/C23H33NO4S/c1-17(11-12-21-19(3)10-7-13-23(21,4)5)8-6-9-18(2)14-22(26)24-20(15-25)16-29(27)28/h6,8-9,11-12,14-15,20H,7,10,13,16H2,1-5H3,(H,24,26)(H,27,28)/b9-6+,12-11+,17-8+,18-14+. The Morgan fingerprint density at radius 2 is 1.97 bits per heavy atom. The zero-order valence-electron chi connectivity index (χ0n) is 18.0. The summed E-state index contributed by atoms with van der Waals surface area (Å²) in [7, 11) is 0. The zero-order valence-corrected chi connectivity index (χ0v) is 18.8. The minimum Gasteiger partial charge on any atom is -0.342 e. The summed E-state index contributed by atoms with van der Waals surface area (Å²) in [6, 6.07) is -0.976. The van der Waals surface area contributed by atoms with E-state index in [9.17, 15) is 13.8 Å². The molecule has 0 spiro atoms. The van der Waals surface area contributed by atoms with Crippen LogP contribution < -0.4 is 5.32 Å². The highest BCUT2D eigenvalue weighted by molar-refractivity contribution is 7.79. The minimum atomic E-state index is -2.14. The van der Waals surface area contributed by atoms with Gasteiger partial charge in [-0.15, -0.1) is 0 Å². The lowest BCUT2D eigenvalue weighted by Gasteiger charge is -2.32. The number of carbonyl (C=O) groups excluding carboxylic acids is 2. The summed E-state index contributed by atoms with van der Waals surface area (Å²) in [5.74, 6) is -0.795. The smallest absolute Gasteiger partial charge is 0.244 e. The van der Waals surface area contributed by atoms with Crippen molar-refractivity contribution < 1.29 is 18.4 Å². The summed E-state index contributed by atoms with van der Waals surface area (Å²) in [5.41, 5.74) is 4.90. The van der Waals surface area contributed by atoms with Crippen LogP contribution in [-0.4, -0.2) is 32.7 Å². The Bertz CT molecular complexity index is 785. The van der Waals surface area contributed by atoms with Gasteiger partial charge in [0, 0.05) is 6.08 Å². The average Bonchev–Trinajstić information content (AvgIpc) is 2.59. The van der Waals surface area contributed by atoms with Gasteiger partial charge < -0.3 is 14.7 Å². The monoisotopic (exact) mass is 419 g/mol. The van der Waals surface area contributed by atoms with Crippen LogP contribution in [0.25, 0.3) is 0 Å². The maximum Gasteiger partial charge on any atom is 0.244 e. The third-order valence-electron chi connectivity index (χ3n) is 4.95. The van der Waals surface area contributed by atoms with E-state index in [4.69, 9.17) is 4.55 Å². The summed E-state index contributed by atoms with van der Waals surface area (Å²) >= 11 is -2.14. The van der Waals surface area contributed by atoms with Gasteiger partial charge in [0.1, 0.15) is 6.29 Å². The number of hydrogen-bond donors (Lipinski definition) is 2. The predicted molar refractivity (Wildman–Crippen MR) is 120 cm³/mol. The molecule has 0 aromatic carbocycles. The van der Waals surface area contributed by atoms with Crippen molar-refractivity contribution in [1.82, 2.24) is 5.32 Å². The fourth-order valence-corrected chi connectivity index (χ4v) is 3.85. The highest BCUT2D eigenvalue weighted by Crippen LogP contribution is 2.40. The van der Waals surface area contributed by atoms with Crippen molar-refractivity contribution in [1.29, 1.82) is 0 Å². The van der Waals surface area contributed by atoms with E-state index in [2.05, 4.69) is 38.2 Å². The Kier molecular flexibility index (Phi) is 10.2. The van der Waals surface area contributed by atoms with Gasteiger partial charge in [0.05, 0.1) is 11.8 Å². The van der Waals surface area contributed by atoms with Gasteiger partial charge in [0.2, 0.25) is 5.91 Å². The van der Waals surface area contributed by atoms with E-state index in [1.54, 1.807) is 13.0 Å². The number of rotatable bonds is 9. The molecule has 2 atom stereocenters. The predicted octanol–water partition coefficient (Wildman–Crippen LogP) is 4.42.